The van der Waals surface area contributed by atoms with Gasteiger partial charge in [0.25, 0.3) is 0 Å². The molecule has 1 heterocycles. The van der Waals surface area contributed by atoms with Gasteiger partial charge in [-0.25, -0.2) is 0 Å². The first-order valence-corrected chi connectivity index (χ1v) is 27.1. The van der Waals surface area contributed by atoms with Crippen LogP contribution in [-0.4, -0.2) is 24.7 Å². The molecule has 8 heteroatoms. The molecule has 0 unspecified atom stereocenters. The van der Waals surface area contributed by atoms with E-state index in [0.29, 0.717) is 0 Å². The third-order valence-corrected chi connectivity index (χ3v) is 29.9. The first-order valence-electron chi connectivity index (χ1n) is 15.5. The third-order valence-electron chi connectivity index (χ3n) is 11.3. The fourth-order valence-electron chi connectivity index (χ4n) is 6.97. The molecule has 0 aromatic rings. The van der Waals surface area contributed by atoms with E-state index in [4.69, 9.17) is 8.85 Å². The molecule has 0 aromatic heterocycles. The van der Waals surface area contributed by atoms with E-state index in [1.165, 1.54) is 62.9 Å². The molecule has 1 aliphatic heterocycles. The summed E-state index contributed by atoms with van der Waals surface area (Å²) in [7, 11) is -5.82. The van der Waals surface area contributed by atoms with Gasteiger partial charge < -0.3 is 24.8 Å². The van der Waals surface area contributed by atoms with Crippen LogP contribution in [0.15, 0.2) is 44.2 Å². The van der Waals surface area contributed by atoms with Crippen molar-refractivity contribution in [3.8, 4) is 0 Å². The summed E-state index contributed by atoms with van der Waals surface area (Å²) in [5.74, 6) is 2.88. The maximum atomic E-state index is 7.45. The first-order chi connectivity index (χ1) is 17.4. The molecule has 1 saturated heterocycles. The second-order valence-electron chi connectivity index (χ2n) is 16.3. The fourth-order valence-corrected chi connectivity index (χ4v) is 24.0. The molecule has 40 heavy (non-hydrogen) atoms. The summed E-state index contributed by atoms with van der Waals surface area (Å²) in [6, 6.07) is 0. The maximum absolute atomic E-state index is 7.45. The fraction of sp³-hybridized carbons (Fsp3) is 0.750. The summed E-state index contributed by atoms with van der Waals surface area (Å²) in [6.45, 7) is 29.7. The van der Waals surface area contributed by atoms with Crippen LogP contribution in [0.2, 0.25) is 56.6 Å². The summed E-state index contributed by atoms with van der Waals surface area (Å²) < 4.78 is 16.5. The zero-order chi connectivity index (χ0) is 28.1. The van der Waals surface area contributed by atoms with Gasteiger partial charge in [0.15, 0.2) is 0 Å². The summed E-state index contributed by atoms with van der Waals surface area (Å²) in [6.07, 6.45) is 10.7. The number of hydrogen-bond donors (Lipinski definition) is 0. The van der Waals surface area contributed by atoms with Gasteiger partial charge in [0.1, 0.15) is 0 Å². The van der Waals surface area contributed by atoms with Gasteiger partial charge >= 0.3 is 251 Å². The van der Waals surface area contributed by atoms with Gasteiger partial charge in [0, 0.05) is 0 Å². The molecular weight excluding hydrogens is 663 g/mol. The molecule has 2 nitrogen and oxygen atoms in total. The van der Waals surface area contributed by atoms with E-state index < -0.39 is 47.9 Å². The molecule has 5 rings (SSSR count). The largest absolute Gasteiger partial charge is 1.00 e. The normalized spacial score (nSPS) is 26.1. The van der Waals surface area contributed by atoms with Crippen molar-refractivity contribution >= 4 is 24.7 Å². The Balaban J connectivity index is 0.00000220. The van der Waals surface area contributed by atoms with Gasteiger partial charge in [0.2, 0.25) is 0 Å². The average Bonchev–Trinajstić information content (AvgIpc) is 3.27. The quantitative estimate of drug-likeness (QED) is 0.391. The molecule has 224 valence electrons. The van der Waals surface area contributed by atoms with E-state index in [2.05, 4.69) is 80.8 Å². The molecule has 0 N–H and O–H groups in total. The van der Waals surface area contributed by atoms with Crippen LogP contribution in [0.4, 0.5) is 0 Å². The Morgan fingerprint density at radius 3 is 1.27 bits per heavy atom. The van der Waals surface area contributed by atoms with E-state index in [0.717, 1.165) is 7.25 Å². The molecule has 0 saturated carbocycles. The van der Waals surface area contributed by atoms with Crippen LogP contribution in [0, 0.1) is 0 Å². The Hall–Kier alpha value is 0.674. The smallest absolute Gasteiger partial charge is 1.00 e. The molecule has 2 atom stereocenters. The van der Waals surface area contributed by atoms with Crippen molar-refractivity contribution in [2.24, 2.45) is 0 Å². The first kappa shape index (κ1) is 35.2. The molecule has 5 aliphatic rings. The second kappa shape index (κ2) is 11.6. The summed E-state index contributed by atoms with van der Waals surface area (Å²) in [5, 5.41) is 4.12. The minimum Gasteiger partial charge on any atom is -1.00 e. The molecule has 0 amide bonds. The Morgan fingerprint density at radius 1 is 0.625 bits per heavy atom. The number of fused-ring (bicyclic) bond motifs is 4. The summed E-state index contributed by atoms with van der Waals surface area (Å²) in [5.41, 5.74) is 7.10. The molecular formula is C32H54Cl2O2Si3Zr. The minimum atomic E-state index is -1.96. The van der Waals surface area contributed by atoms with Crippen LogP contribution in [-0.2, 0) is 32.1 Å². The van der Waals surface area contributed by atoms with Crippen LogP contribution >= 0.6 is 0 Å². The SMILES string of the molecule is CC(C)(C)[Si](C)(C)OC1=C2[C@H]([Zr+2][C@H]3C4=C(CCCC4)C(O[Si](C)(C)C(C)(C)C)=C3[Si]2(C)C)C2=C1CCCC2.[Cl-].[Cl-]. The predicted molar refractivity (Wildman–Crippen MR) is 167 cm³/mol. The number of halogens is 2. The van der Waals surface area contributed by atoms with Crippen LogP contribution in [0.25, 0.3) is 0 Å². The molecule has 0 bridgehead atoms. The van der Waals surface area contributed by atoms with Crippen molar-refractivity contribution in [1.29, 1.82) is 0 Å². The van der Waals surface area contributed by atoms with Crippen molar-refractivity contribution in [3.05, 3.63) is 44.2 Å². The van der Waals surface area contributed by atoms with Gasteiger partial charge in [-0.2, -0.15) is 0 Å². The third kappa shape index (κ3) is 5.64. The Labute approximate surface area is 273 Å². The molecule has 0 aromatic carbocycles. The molecule has 0 radical (unpaired) electrons. The monoisotopic (exact) mass is 714 g/mol. The number of rotatable bonds is 4. The van der Waals surface area contributed by atoms with Gasteiger partial charge in [-0.1, -0.05) is 0 Å². The van der Waals surface area contributed by atoms with E-state index >= 15 is 0 Å². The summed E-state index contributed by atoms with van der Waals surface area (Å²) >= 11 is -0.775. The van der Waals surface area contributed by atoms with Crippen LogP contribution in [0.5, 0.6) is 0 Å². The molecule has 4 aliphatic carbocycles. The van der Waals surface area contributed by atoms with E-state index in [9.17, 15) is 0 Å². The van der Waals surface area contributed by atoms with Gasteiger partial charge in [-0.3, -0.25) is 0 Å². The van der Waals surface area contributed by atoms with Crippen LogP contribution < -0.4 is 24.8 Å². The van der Waals surface area contributed by atoms with E-state index in [1.54, 1.807) is 11.1 Å². The number of hydrogen-bond acceptors (Lipinski definition) is 2. The van der Waals surface area contributed by atoms with Crippen molar-refractivity contribution in [2.75, 3.05) is 0 Å². The predicted octanol–water partition coefficient (Wildman–Crippen LogP) is 4.77. The Bertz CT molecular complexity index is 1080. The molecule has 1 fully saturated rings. The molecule has 0 spiro atoms. The van der Waals surface area contributed by atoms with E-state index in [-0.39, 0.29) is 34.9 Å². The minimum absolute atomic E-state index is 0. The van der Waals surface area contributed by atoms with Crippen molar-refractivity contribution < 1.29 is 56.9 Å². The van der Waals surface area contributed by atoms with E-state index in [1.807, 2.05) is 21.5 Å². The Kier molecular flexibility index (Phi) is 10.2. The average molecular weight is 717 g/mol. The zero-order valence-electron chi connectivity index (χ0n) is 27.4. The van der Waals surface area contributed by atoms with Crippen molar-refractivity contribution in [3.63, 3.8) is 0 Å². The Morgan fingerprint density at radius 2 is 0.950 bits per heavy atom. The standard InChI is InChI=1S/C32H54O2Si3.2ClH.Zr/c1-31(2,3)36(9,10)33-29-25-19-15-13-17-23(25)21-27(29)35(7,8)28-22-24-18-14-16-20-26(24)30(28)34-37(11,12)32(4,5)6;;;/h21-22H,13-20H2,1-12H3;2*1H;/q;;;+2/p-2. The van der Waals surface area contributed by atoms with Gasteiger partial charge in [-0.05, 0) is 0 Å². The maximum Gasteiger partial charge on any atom is -1.00 e. The topological polar surface area (TPSA) is 18.5 Å². The number of allylic oxidation sites excluding steroid dienone is 6. The van der Waals surface area contributed by atoms with Crippen LogP contribution in [0.1, 0.15) is 92.9 Å². The van der Waals surface area contributed by atoms with Gasteiger partial charge in [-0.15, -0.1) is 0 Å². The van der Waals surface area contributed by atoms with Gasteiger partial charge in [0.05, 0.1) is 0 Å². The van der Waals surface area contributed by atoms with Crippen molar-refractivity contribution in [1.82, 2.24) is 0 Å². The van der Waals surface area contributed by atoms with Crippen molar-refractivity contribution in [2.45, 2.75) is 150 Å². The van der Waals surface area contributed by atoms with Crippen LogP contribution in [0.3, 0.4) is 0 Å². The summed E-state index contributed by atoms with van der Waals surface area (Å²) in [4.78, 5) is 0. The second-order valence-corrected chi connectivity index (χ2v) is 33.7. The zero-order valence-corrected chi connectivity index (χ0v) is 34.4.